The number of benzene rings is 2. The molecule has 0 aliphatic carbocycles. The van der Waals surface area contributed by atoms with Gasteiger partial charge < -0.3 is 4.90 Å². The molecule has 1 aliphatic heterocycles. The lowest BCUT2D eigenvalue weighted by molar-refractivity contribution is -0.138. The van der Waals surface area contributed by atoms with Crippen molar-refractivity contribution in [1.82, 2.24) is 4.90 Å². The van der Waals surface area contributed by atoms with Crippen LogP contribution in [-0.4, -0.2) is 37.6 Å². The average molecular weight is 411 g/mol. The summed E-state index contributed by atoms with van der Waals surface area (Å²) < 4.78 is 64.7. The summed E-state index contributed by atoms with van der Waals surface area (Å²) in [6.45, 7) is 0.230. The minimum absolute atomic E-state index is 0.0800. The molecule has 1 heterocycles. The predicted octanol–water partition coefficient (Wildman–Crippen LogP) is 3.93. The molecule has 150 valence electrons. The SMILES string of the molecule is O=C(c1ccccc1C(F)(F)F)N1CCC(S(=O)(=O)Cc2ccccc2)CC1. The number of amides is 1. The van der Waals surface area contributed by atoms with Crippen LogP contribution in [0.15, 0.2) is 54.6 Å². The number of carbonyl (C=O) groups is 1. The molecular formula is C20H20F3NO3S. The first kappa shape index (κ1) is 20.4. The molecular weight excluding hydrogens is 391 g/mol. The molecule has 4 nitrogen and oxygen atoms in total. The summed E-state index contributed by atoms with van der Waals surface area (Å²) in [6.07, 6.45) is -4.19. The van der Waals surface area contributed by atoms with Crippen molar-refractivity contribution in [2.75, 3.05) is 13.1 Å². The van der Waals surface area contributed by atoms with Crippen molar-refractivity contribution in [2.24, 2.45) is 0 Å². The van der Waals surface area contributed by atoms with E-state index in [4.69, 9.17) is 0 Å². The van der Waals surface area contributed by atoms with Crippen molar-refractivity contribution in [3.8, 4) is 0 Å². The largest absolute Gasteiger partial charge is 0.417 e. The zero-order valence-corrected chi connectivity index (χ0v) is 15.8. The van der Waals surface area contributed by atoms with E-state index in [-0.39, 0.29) is 31.7 Å². The Balaban J connectivity index is 1.68. The van der Waals surface area contributed by atoms with Crippen molar-refractivity contribution in [3.05, 3.63) is 71.3 Å². The van der Waals surface area contributed by atoms with Crippen LogP contribution >= 0.6 is 0 Å². The van der Waals surface area contributed by atoms with Gasteiger partial charge in [-0.2, -0.15) is 13.2 Å². The Morgan fingerprint density at radius 2 is 1.54 bits per heavy atom. The summed E-state index contributed by atoms with van der Waals surface area (Å²) in [4.78, 5) is 13.9. The maximum absolute atomic E-state index is 13.2. The van der Waals surface area contributed by atoms with Crippen molar-refractivity contribution in [3.63, 3.8) is 0 Å². The Morgan fingerprint density at radius 1 is 0.964 bits per heavy atom. The average Bonchev–Trinajstić information content (AvgIpc) is 2.67. The number of carbonyl (C=O) groups excluding carboxylic acids is 1. The third kappa shape index (κ3) is 4.55. The van der Waals surface area contributed by atoms with Crippen LogP contribution in [0.3, 0.4) is 0 Å². The van der Waals surface area contributed by atoms with E-state index in [0.717, 1.165) is 12.1 Å². The van der Waals surface area contributed by atoms with Crippen LogP contribution in [0.5, 0.6) is 0 Å². The third-order valence-electron chi connectivity index (χ3n) is 4.91. The summed E-state index contributed by atoms with van der Waals surface area (Å²) in [7, 11) is -3.40. The fourth-order valence-corrected chi connectivity index (χ4v) is 5.25. The maximum Gasteiger partial charge on any atom is 0.417 e. The quantitative estimate of drug-likeness (QED) is 0.766. The van der Waals surface area contributed by atoms with E-state index in [1.54, 1.807) is 30.3 Å². The normalized spacial score (nSPS) is 16.2. The van der Waals surface area contributed by atoms with Crippen LogP contribution in [0.2, 0.25) is 0 Å². The van der Waals surface area contributed by atoms with Gasteiger partial charge in [0.2, 0.25) is 0 Å². The first-order chi connectivity index (χ1) is 13.2. The number of nitrogens with zero attached hydrogens (tertiary/aromatic N) is 1. The van der Waals surface area contributed by atoms with Crippen LogP contribution in [0.1, 0.15) is 34.3 Å². The highest BCUT2D eigenvalue weighted by atomic mass is 32.2. The Labute approximate surface area is 161 Å². The van der Waals surface area contributed by atoms with Crippen molar-refractivity contribution >= 4 is 15.7 Å². The summed E-state index contributed by atoms with van der Waals surface area (Å²) >= 11 is 0. The van der Waals surface area contributed by atoms with Gasteiger partial charge in [0.15, 0.2) is 9.84 Å². The second-order valence-electron chi connectivity index (χ2n) is 6.83. The molecule has 0 aromatic heterocycles. The number of piperidine rings is 1. The second kappa shape index (κ2) is 7.95. The molecule has 3 rings (SSSR count). The molecule has 2 aromatic rings. The molecule has 0 saturated carbocycles. The number of hydrogen-bond donors (Lipinski definition) is 0. The molecule has 0 unspecified atom stereocenters. The number of hydrogen-bond acceptors (Lipinski definition) is 3. The molecule has 8 heteroatoms. The second-order valence-corrected chi connectivity index (χ2v) is 9.11. The van der Waals surface area contributed by atoms with E-state index in [1.165, 1.54) is 17.0 Å². The van der Waals surface area contributed by atoms with E-state index in [2.05, 4.69) is 0 Å². The van der Waals surface area contributed by atoms with Gasteiger partial charge in [0.05, 0.1) is 22.1 Å². The molecule has 0 spiro atoms. The summed E-state index contributed by atoms with van der Waals surface area (Å²) in [5.74, 6) is -0.796. The standard InChI is InChI=1S/C20H20F3NO3S/c21-20(22,23)18-9-5-4-8-17(18)19(25)24-12-10-16(11-13-24)28(26,27)14-15-6-2-1-3-7-15/h1-9,16H,10-14H2. The highest BCUT2D eigenvalue weighted by Crippen LogP contribution is 2.33. The molecule has 2 aromatic carbocycles. The van der Waals surface area contributed by atoms with E-state index in [9.17, 15) is 26.4 Å². The topological polar surface area (TPSA) is 54.5 Å². The van der Waals surface area contributed by atoms with Gasteiger partial charge in [-0.05, 0) is 30.5 Å². The van der Waals surface area contributed by atoms with Gasteiger partial charge in [-0.3, -0.25) is 4.79 Å². The molecule has 1 amide bonds. The van der Waals surface area contributed by atoms with Gasteiger partial charge in [-0.25, -0.2) is 8.42 Å². The minimum Gasteiger partial charge on any atom is -0.339 e. The highest BCUT2D eigenvalue weighted by molar-refractivity contribution is 7.91. The van der Waals surface area contributed by atoms with E-state index >= 15 is 0 Å². The number of halogens is 3. The first-order valence-electron chi connectivity index (χ1n) is 8.89. The molecule has 0 radical (unpaired) electrons. The Kier molecular flexibility index (Phi) is 5.79. The lowest BCUT2D eigenvalue weighted by Crippen LogP contribution is -2.43. The monoisotopic (exact) mass is 411 g/mol. The molecule has 1 saturated heterocycles. The lowest BCUT2D eigenvalue weighted by Gasteiger charge is -2.32. The van der Waals surface area contributed by atoms with Gasteiger partial charge in [0.1, 0.15) is 0 Å². The number of sulfone groups is 1. The number of alkyl halides is 3. The number of rotatable bonds is 4. The molecule has 28 heavy (non-hydrogen) atoms. The minimum atomic E-state index is -4.62. The lowest BCUT2D eigenvalue weighted by atomic mass is 10.0. The summed E-state index contributed by atoms with van der Waals surface area (Å²) in [5.41, 5.74) is -0.681. The van der Waals surface area contributed by atoms with Gasteiger partial charge in [0.25, 0.3) is 5.91 Å². The van der Waals surface area contributed by atoms with Crippen LogP contribution in [0.4, 0.5) is 13.2 Å². The van der Waals surface area contributed by atoms with Gasteiger partial charge >= 0.3 is 6.18 Å². The van der Waals surface area contributed by atoms with Gasteiger partial charge in [0, 0.05) is 13.1 Å². The van der Waals surface area contributed by atoms with E-state index in [1.807, 2.05) is 0 Å². The van der Waals surface area contributed by atoms with Crippen molar-refractivity contribution in [2.45, 2.75) is 30.0 Å². The zero-order valence-electron chi connectivity index (χ0n) is 15.0. The van der Waals surface area contributed by atoms with Crippen LogP contribution in [0, 0.1) is 0 Å². The fraction of sp³-hybridized carbons (Fsp3) is 0.350. The molecule has 0 atom stereocenters. The van der Waals surface area contributed by atoms with Crippen LogP contribution in [-0.2, 0) is 21.8 Å². The summed E-state index contributed by atoms with van der Waals surface area (Å²) in [6, 6.07) is 13.5. The summed E-state index contributed by atoms with van der Waals surface area (Å²) in [5, 5.41) is -0.602. The third-order valence-corrected chi connectivity index (χ3v) is 7.13. The Bertz CT molecular complexity index is 935. The first-order valence-corrected chi connectivity index (χ1v) is 10.6. The van der Waals surface area contributed by atoms with Crippen LogP contribution < -0.4 is 0 Å². The van der Waals surface area contributed by atoms with Gasteiger partial charge in [-0.1, -0.05) is 42.5 Å². The molecule has 1 aliphatic rings. The van der Waals surface area contributed by atoms with Crippen LogP contribution in [0.25, 0.3) is 0 Å². The van der Waals surface area contributed by atoms with E-state index in [0.29, 0.717) is 5.56 Å². The zero-order chi connectivity index (χ0) is 20.4. The Hall–Kier alpha value is -2.35. The molecule has 0 bridgehead atoms. The molecule has 0 N–H and O–H groups in total. The van der Waals surface area contributed by atoms with Gasteiger partial charge in [-0.15, -0.1) is 0 Å². The highest BCUT2D eigenvalue weighted by Gasteiger charge is 2.37. The fourth-order valence-electron chi connectivity index (χ4n) is 3.43. The molecule has 1 fully saturated rings. The van der Waals surface area contributed by atoms with E-state index < -0.39 is 38.3 Å². The van der Waals surface area contributed by atoms with Crippen molar-refractivity contribution in [1.29, 1.82) is 0 Å². The number of likely N-dealkylation sites (tertiary alicyclic amines) is 1. The maximum atomic E-state index is 13.2. The smallest absolute Gasteiger partial charge is 0.339 e. The predicted molar refractivity (Wildman–Crippen MR) is 99.4 cm³/mol. The Morgan fingerprint density at radius 3 is 2.14 bits per heavy atom. The van der Waals surface area contributed by atoms with Crippen molar-refractivity contribution < 1.29 is 26.4 Å².